The van der Waals surface area contributed by atoms with Crippen LogP contribution in [0.2, 0.25) is 5.02 Å². The molecule has 0 bridgehead atoms. The van der Waals surface area contributed by atoms with E-state index < -0.39 is 0 Å². The Bertz CT molecular complexity index is 995. The number of aryl methyl sites for hydroxylation is 1. The zero-order valence-electron chi connectivity index (χ0n) is 17.1. The number of aromatic nitrogens is 4. The first-order valence-corrected chi connectivity index (χ1v) is 10.8. The van der Waals surface area contributed by atoms with Crippen molar-refractivity contribution in [2.45, 2.75) is 32.0 Å². The molecule has 29 heavy (non-hydrogen) atoms. The van der Waals surface area contributed by atoms with Crippen molar-refractivity contribution in [3.63, 3.8) is 0 Å². The Morgan fingerprint density at radius 1 is 1.21 bits per heavy atom. The van der Waals surface area contributed by atoms with Crippen molar-refractivity contribution in [1.29, 1.82) is 0 Å². The molecule has 0 saturated heterocycles. The molecule has 3 rings (SSSR count). The maximum Gasteiger partial charge on any atom is 0.191 e. The van der Waals surface area contributed by atoms with Crippen LogP contribution in [-0.4, -0.2) is 44.6 Å². The SMILES string of the molecule is COCCCn1c(C)cc(C(=O)CSc2nnc(-c3ccc(Cl)cc3)n2C)c1C. The van der Waals surface area contributed by atoms with Crippen molar-refractivity contribution in [2.24, 2.45) is 7.05 Å². The predicted molar refractivity (Wildman–Crippen MR) is 117 cm³/mol. The summed E-state index contributed by atoms with van der Waals surface area (Å²) in [5.41, 5.74) is 3.80. The first-order chi connectivity index (χ1) is 13.9. The molecule has 0 unspecified atom stereocenters. The number of thioether (sulfide) groups is 1. The molecule has 0 aliphatic heterocycles. The average Bonchev–Trinajstić information content (AvgIpc) is 3.21. The number of ether oxygens (including phenoxy) is 1. The largest absolute Gasteiger partial charge is 0.385 e. The molecular weight excluding hydrogens is 408 g/mol. The van der Waals surface area contributed by atoms with Gasteiger partial charge >= 0.3 is 0 Å². The third-order valence-corrected chi connectivity index (χ3v) is 6.15. The molecule has 1 aromatic carbocycles. The van der Waals surface area contributed by atoms with Crippen molar-refractivity contribution >= 4 is 29.1 Å². The van der Waals surface area contributed by atoms with Crippen LogP contribution >= 0.6 is 23.4 Å². The molecule has 3 aromatic rings. The number of Topliss-reactive ketones (excluding diaryl/α,β-unsaturated/α-hetero) is 1. The second kappa shape index (κ2) is 9.61. The fourth-order valence-electron chi connectivity index (χ4n) is 3.29. The van der Waals surface area contributed by atoms with Crippen molar-refractivity contribution in [3.05, 3.63) is 52.3 Å². The first kappa shape index (κ1) is 21.6. The Hall–Kier alpha value is -2.09. The van der Waals surface area contributed by atoms with Crippen LogP contribution in [0.5, 0.6) is 0 Å². The molecule has 0 radical (unpaired) electrons. The van der Waals surface area contributed by atoms with E-state index in [1.54, 1.807) is 7.11 Å². The van der Waals surface area contributed by atoms with E-state index in [1.807, 2.05) is 55.8 Å². The summed E-state index contributed by atoms with van der Waals surface area (Å²) in [4.78, 5) is 12.8. The quantitative estimate of drug-likeness (QED) is 0.281. The van der Waals surface area contributed by atoms with Crippen LogP contribution in [0, 0.1) is 13.8 Å². The van der Waals surface area contributed by atoms with Crippen molar-refractivity contribution in [1.82, 2.24) is 19.3 Å². The van der Waals surface area contributed by atoms with E-state index in [0.29, 0.717) is 22.5 Å². The van der Waals surface area contributed by atoms with Crippen LogP contribution in [0.3, 0.4) is 0 Å². The lowest BCUT2D eigenvalue weighted by molar-refractivity contribution is 0.102. The molecular formula is C21H25ClN4O2S. The number of benzene rings is 1. The zero-order valence-corrected chi connectivity index (χ0v) is 18.7. The second-order valence-corrected chi connectivity index (χ2v) is 8.25. The fourth-order valence-corrected chi connectivity index (χ4v) is 4.21. The highest BCUT2D eigenvalue weighted by atomic mass is 35.5. The highest BCUT2D eigenvalue weighted by Crippen LogP contribution is 2.25. The number of hydrogen-bond acceptors (Lipinski definition) is 5. The summed E-state index contributed by atoms with van der Waals surface area (Å²) in [5.74, 6) is 1.15. The van der Waals surface area contributed by atoms with E-state index in [0.717, 1.165) is 41.3 Å². The molecule has 0 fully saturated rings. The summed E-state index contributed by atoms with van der Waals surface area (Å²) in [7, 11) is 3.60. The first-order valence-electron chi connectivity index (χ1n) is 9.39. The van der Waals surface area contributed by atoms with Crippen LogP contribution in [0.1, 0.15) is 28.2 Å². The number of nitrogens with zero attached hydrogens (tertiary/aromatic N) is 4. The summed E-state index contributed by atoms with van der Waals surface area (Å²) < 4.78 is 9.21. The summed E-state index contributed by atoms with van der Waals surface area (Å²) in [6, 6.07) is 9.43. The Balaban J connectivity index is 1.68. The molecule has 6 nitrogen and oxygen atoms in total. The van der Waals surface area contributed by atoms with Gasteiger partial charge in [0.25, 0.3) is 0 Å². The Labute approximate surface area is 180 Å². The van der Waals surface area contributed by atoms with Gasteiger partial charge in [-0.25, -0.2) is 0 Å². The number of hydrogen-bond donors (Lipinski definition) is 0. The molecule has 2 heterocycles. The predicted octanol–water partition coefficient (Wildman–Crippen LogP) is 4.57. The van der Waals surface area contributed by atoms with Crippen LogP contribution in [-0.2, 0) is 18.3 Å². The standard InChI is InChI=1S/C21H25ClN4O2S/c1-14-12-18(15(2)26(14)10-5-11-28-4)19(27)13-29-21-24-23-20(25(21)3)16-6-8-17(22)9-7-16/h6-9,12H,5,10-11,13H2,1-4H3. The van der Waals surface area contributed by atoms with Gasteiger partial charge in [-0.05, 0) is 50.6 Å². The average molecular weight is 433 g/mol. The monoisotopic (exact) mass is 432 g/mol. The van der Waals surface area contributed by atoms with E-state index in [9.17, 15) is 4.79 Å². The van der Waals surface area contributed by atoms with E-state index in [1.165, 1.54) is 11.8 Å². The van der Waals surface area contributed by atoms with Crippen LogP contribution in [0.4, 0.5) is 0 Å². The van der Waals surface area contributed by atoms with Gasteiger partial charge in [0.1, 0.15) is 0 Å². The third-order valence-electron chi connectivity index (χ3n) is 4.87. The molecule has 0 atom stereocenters. The fraction of sp³-hybridized carbons (Fsp3) is 0.381. The summed E-state index contributed by atoms with van der Waals surface area (Å²) in [6.45, 7) is 5.58. The van der Waals surface area contributed by atoms with Gasteiger partial charge < -0.3 is 13.9 Å². The molecule has 0 aliphatic carbocycles. The highest BCUT2D eigenvalue weighted by Gasteiger charge is 2.18. The minimum absolute atomic E-state index is 0.0946. The number of carbonyl (C=O) groups excluding carboxylic acids is 1. The van der Waals surface area contributed by atoms with E-state index in [4.69, 9.17) is 16.3 Å². The molecule has 8 heteroatoms. The molecule has 0 amide bonds. The van der Waals surface area contributed by atoms with E-state index in [-0.39, 0.29) is 5.78 Å². The lowest BCUT2D eigenvalue weighted by Crippen LogP contribution is -2.08. The van der Waals surface area contributed by atoms with Crippen molar-refractivity contribution in [2.75, 3.05) is 19.5 Å². The van der Waals surface area contributed by atoms with Gasteiger partial charge in [0.15, 0.2) is 16.8 Å². The van der Waals surface area contributed by atoms with E-state index >= 15 is 0 Å². The highest BCUT2D eigenvalue weighted by molar-refractivity contribution is 7.99. The van der Waals surface area contributed by atoms with Crippen LogP contribution < -0.4 is 0 Å². The molecule has 2 aromatic heterocycles. The number of carbonyl (C=O) groups is 1. The normalized spacial score (nSPS) is 11.2. The summed E-state index contributed by atoms with van der Waals surface area (Å²) in [6.07, 6.45) is 0.918. The number of methoxy groups -OCH3 is 1. The number of rotatable bonds is 9. The molecule has 0 spiro atoms. The van der Waals surface area contributed by atoms with Gasteiger partial charge in [-0.2, -0.15) is 0 Å². The smallest absolute Gasteiger partial charge is 0.191 e. The Kier molecular flexibility index (Phi) is 7.16. The lowest BCUT2D eigenvalue weighted by Gasteiger charge is -2.09. The molecule has 0 aliphatic rings. The number of halogens is 1. The third kappa shape index (κ3) is 4.91. The summed E-state index contributed by atoms with van der Waals surface area (Å²) in [5, 5.41) is 9.90. The minimum atomic E-state index is 0.0946. The van der Waals surface area contributed by atoms with Gasteiger partial charge in [0.2, 0.25) is 0 Å². The van der Waals surface area contributed by atoms with Crippen LogP contribution in [0.25, 0.3) is 11.4 Å². The maximum atomic E-state index is 12.8. The second-order valence-electron chi connectivity index (χ2n) is 6.87. The lowest BCUT2D eigenvalue weighted by atomic mass is 10.2. The Morgan fingerprint density at radius 3 is 2.62 bits per heavy atom. The summed E-state index contributed by atoms with van der Waals surface area (Å²) >= 11 is 7.35. The Morgan fingerprint density at radius 2 is 1.93 bits per heavy atom. The zero-order chi connectivity index (χ0) is 21.0. The van der Waals surface area contributed by atoms with Gasteiger partial charge in [0.05, 0.1) is 5.75 Å². The van der Waals surface area contributed by atoms with Gasteiger partial charge in [-0.1, -0.05) is 23.4 Å². The molecule has 0 N–H and O–H groups in total. The maximum absolute atomic E-state index is 12.8. The minimum Gasteiger partial charge on any atom is -0.385 e. The van der Waals surface area contributed by atoms with Gasteiger partial charge in [-0.3, -0.25) is 4.79 Å². The van der Waals surface area contributed by atoms with Crippen LogP contribution in [0.15, 0.2) is 35.5 Å². The molecule has 154 valence electrons. The number of ketones is 1. The molecule has 0 saturated carbocycles. The van der Waals surface area contributed by atoms with Crippen molar-refractivity contribution < 1.29 is 9.53 Å². The topological polar surface area (TPSA) is 61.9 Å². The van der Waals surface area contributed by atoms with E-state index in [2.05, 4.69) is 14.8 Å². The van der Waals surface area contributed by atoms with Gasteiger partial charge in [-0.15, -0.1) is 10.2 Å². The van der Waals surface area contributed by atoms with Crippen molar-refractivity contribution in [3.8, 4) is 11.4 Å². The van der Waals surface area contributed by atoms with Gasteiger partial charge in [0, 0.05) is 54.8 Å².